The minimum atomic E-state index is -1.10. The van der Waals surface area contributed by atoms with Crippen molar-refractivity contribution in [3.05, 3.63) is 69.8 Å². The first kappa shape index (κ1) is 16.2. The fourth-order valence-electron chi connectivity index (χ4n) is 2.14. The van der Waals surface area contributed by atoms with E-state index in [2.05, 4.69) is 19.1 Å². The third kappa shape index (κ3) is 3.95. The number of benzene rings is 2. The van der Waals surface area contributed by atoms with Crippen molar-refractivity contribution in [2.24, 2.45) is 0 Å². The van der Waals surface area contributed by atoms with Crippen molar-refractivity contribution in [1.82, 2.24) is 0 Å². The van der Waals surface area contributed by atoms with Gasteiger partial charge in [0.1, 0.15) is 0 Å². The summed E-state index contributed by atoms with van der Waals surface area (Å²) in [5.74, 6) is -0.757. The van der Waals surface area contributed by atoms with Crippen molar-refractivity contribution in [3.8, 4) is 0 Å². The van der Waals surface area contributed by atoms with E-state index in [1.165, 1.54) is 11.6 Å². The van der Waals surface area contributed by atoms with Crippen LogP contribution in [-0.2, 0) is 0 Å². The van der Waals surface area contributed by atoms with Crippen molar-refractivity contribution in [2.45, 2.75) is 18.1 Å². The van der Waals surface area contributed by atoms with Crippen LogP contribution in [0.3, 0.4) is 0 Å². The number of non-ortho nitro benzene ring substituents is 1. The fraction of sp³-hybridized carbons (Fsp3) is 0.188. The summed E-state index contributed by atoms with van der Waals surface area (Å²) in [5.41, 5.74) is 1.11. The van der Waals surface area contributed by atoms with E-state index >= 15 is 0 Å². The van der Waals surface area contributed by atoms with Gasteiger partial charge in [-0.2, -0.15) is 0 Å². The minimum absolute atomic E-state index is 0.0643. The SMILES string of the molecule is CC(C[AsH]c1ccc([N+](=O)[O-])cc1C(=O)O)c1ccccc1. The van der Waals surface area contributed by atoms with Gasteiger partial charge >= 0.3 is 134 Å². The van der Waals surface area contributed by atoms with E-state index in [1.807, 2.05) is 18.2 Å². The Bertz CT molecular complexity index is 688. The fourth-order valence-corrected chi connectivity index (χ4v) is 4.94. The Kier molecular flexibility index (Phi) is 5.34. The van der Waals surface area contributed by atoms with E-state index in [9.17, 15) is 20.0 Å². The Balaban J connectivity index is 2.15. The van der Waals surface area contributed by atoms with E-state index in [0.717, 1.165) is 15.6 Å². The van der Waals surface area contributed by atoms with Gasteiger partial charge in [-0.3, -0.25) is 0 Å². The summed E-state index contributed by atoms with van der Waals surface area (Å²) in [6.07, 6.45) is 0. The normalized spacial score (nSPS) is 12.4. The van der Waals surface area contributed by atoms with Gasteiger partial charge < -0.3 is 0 Å². The van der Waals surface area contributed by atoms with Gasteiger partial charge in [-0.15, -0.1) is 0 Å². The van der Waals surface area contributed by atoms with Gasteiger partial charge in [0.15, 0.2) is 0 Å². The predicted octanol–water partition coefficient (Wildman–Crippen LogP) is 2.58. The molecule has 0 aliphatic rings. The van der Waals surface area contributed by atoms with Crippen LogP contribution in [0.1, 0.15) is 28.8 Å². The molecule has 0 heterocycles. The van der Waals surface area contributed by atoms with Crippen LogP contribution in [0, 0.1) is 10.1 Å². The summed E-state index contributed by atoms with van der Waals surface area (Å²) in [4.78, 5) is 21.5. The van der Waals surface area contributed by atoms with Gasteiger partial charge in [-0.05, 0) is 0 Å². The summed E-state index contributed by atoms with van der Waals surface area (Å²) in [6.45, 7) is 2.12. The van der Waals surface area contributed by atoms with Gasteiger partial charge in [0.25, 0.3) is 0 Å². The molecule has 0 fully saturated rings. The van der Waals surface area contributed by atoms with Gasteiger partial charge in [-0.1, -0.05) is 0 Å². The second-order valence-electron chi connectivity index (χ2n) is 4.98. The van der Waals surface area contributed by atoms with Crippen LogP contribution in [0.15, 0.2) is 48.5 Å². The molecule has 6 heteroatoms. The second kappa shape index (κ2) is 7.23. The molecule has 0 aliphatic heterocycles. The quantitative estimate of drug-likeness (QED) is 0.487. The molecule has 1 N–H and O–H groups in total. The number of carbonyl (C=O) groups is 1. The summed E-state index contributed by atoms with van der Waals surface area (Å²) < 4.78 is 0.751. The molecule has 2 atom stereocenters. The molecular formula is C16H16AsNO4. The number of nitro benzene ring substituents is 1. The Labute approximate surface area is 134 Å². The molecule has 0 aliphatic carbocycles. The Morgan fingerprint density at radius 1 is 1.27 bits per heavy atom. The number of nitro groups is 1. The topological polar surface area (TPSA) is 80.4 Å². The van der Waals surface area contributed by atoms with Crippen LogP contribution in [0.5, 0.6) is 0 Å². The molecule has 2 rings (SSSR count). The van der Waals surface area contributed by atoms with Crippen LogP contribution in [0.2, 0.25) is 5.21 Å². The first-order valence-electron chi connectivity index (χ1n) is 6.79. The molecule has 22 heavy (non-hydrogen) atoms. The summed E-state index contributed by atoms with van der Waals surface area (Å²) in [7, 11) is 0. The maximum atomic E-state index is 11.3. The monoisotopic (exact) mass is 361 g/mol. The molecule has 0 saturated heterocycles. The number of aromatic carboxylic acids is 1. The maximum absolute atomic E-state index is 11.3. The van der Waals surface area contributed by atoms with Crippen molar-refractivity contribution >= 4 is 31.8 Å². The van der Waals surface area contributed by atoms with Crippen molar-refractivity contribution < 1.29 is 14.8 Å². The van der Waals surface area contributed by atoms with Crippen LogP contribution in [-0.4, -0.2) is 31.8 Å². The standard InChI is InChI=1S/C16H16AsNO4/c1-11(12-5-3-2-4-6-12)10-17-15-8-7-13(18(21)22)9-14(15)16(19)20/h2-9,11,17H,10H2,1H3,(H,19,20). The van der Waals surface area contributed by atoms with E-state index < -0.39 is 26.6 Å². The molecule has 5 nitrogen and oxygen atoms in total. The first-order chi connectivity index (χ1) is 10.5. The number of hydrogen-bond donors (Lipinski definition) is 1. The second-order valence-corrected chi connectivity index (χ2v) is 7.71. The molecule has 2 aromatic rings. The van der Waals surface area contributed by atoms with Gasteiger partial charge in [0, 0.05) is 0 Å². The molecule has 0 radical (unpaired) electrons. The first-order valence-corrected chi connectivity index (χ1v) is 9.33. The van der Waals surface area contributed by atoms with Gasteiger partial charge in [-0.25, -0.2) is 0 Å². The molecule has 0 spiro atoms. The Morgan fingerprint density at radius 2 is 1.95 bits per heavy atom. The van der Waals surface area contributed by atoms with Gasteiger partial charge in [0.2, 0.25) is 0 Å². The van der Waals surface area contributed by atoms with Crippen LogP contribution in [0.25, 0.3) is 0 Å². The molecule has 0 aromatic heterocycles. The van der Waals surface area contributed by atoms with E-state index in [0.29, 0.717) is 5.92 Å². The van der Waals surface area contributed by atoms with Crippen LogP contribution >= 0.6 is 0 Å². The van der Waals surface area contributed by atoms with Crippen molar-refractivity contribution in [1.29, 1.82) is 0 Å². The zero-order valence-electron chi connectivity index (χ0n) is 12.0. The van der Waals surface area contributed by atoms with Crippen LogP contribution < -0.4 is 4.35 Å². The van der Waals surface area contributed by atoms with Crippen LogP contribution in [0.4, 0.5) is 5.69 Å². The zero-order valence-corrected chi connectivity index (χ0v) is 14.1. The number of carboxylic acids is 1. The average Bonchev–Trinajstić information content (AvgIpc) is 2.53. The zero-order chi connectivity index (χ0) is 16.1. The molecule has 2 unspecified atom stereocenters. The molecular weight excluding hydrogens is 345 g/mol. The number of carboxylic acid groups (broad SMARTS) is 1. The van der Waals surface area contributed by atoms with E-state index in [4.69, 9.17) is 0 Å². The van der Waals surface area contributed by atoms with E-state index in [1.54, 1.807) is 6.07 Å². The van der Waals surface area contributed by atoms with Gasteiger partial charge in [0.05, 0.1) is 0 Å². The summed E-state index contributed by atoms with van der Waals surface area (Å²) in [6, 6.07) is 14.2. The van der Waals surface area contributed by atoms with Crippen molar-refractivity contribution in [3.63, 3.8) is 0 Å². The third-order valence-electron chi connectivity index (χ3n) is 3.41. The van der Waals surface area contributed by atoms with Crippen molar-refractivity contribution in [2.75, 3.05) is 0 Å². The Hall–Kier alpha value is -2.13. The third-order valence-corrected chi connectivity index (χ3v) is 6.84. The molecule has 0 saturated carbocycles. The molecule has 2 aromatic carbocycles. The molecule has 0 amide bonds. The molecule has 114 valence electrons. The number of nitrogens with zero attached hydrogens (tertiary/aromatic N) is 1. The summed E-state index contributed by atoms with van der Waals surface area (Å²) >= 11 is -0.680. The van der Waals surface area contributed by atoms with E-state index in [-0.39, 0.29) is 11.3 Å². The number of hydrogen-bond acceptors (Lipinski definition) is 3. The predicted molar refractivity (Wildman–Crippen MR) is 86.5 cm³/mol. The molecule has 0 bridgehead atoms. The Morgan fingerprint density at radius 3 is 2.55 bits per heavy atom. The average molecular weight is 361 g/mol. The summed E-state index contributed by atoms with van der Waals surface area (Å²) in [5, 5.41) is 20.9. The number of rotatable bonds is 6.